The summed E-state index contributed by atoms with van der Waals surface area (Å²) in [5, 5.41) is 13.0. The van der Waals surface area contributed by atoms with Crippen molar-refractivity contribution in [1.29, 1.82) is 0 Å². The Hall–Kier alpha value is -3.19. The molecule has 0 aliphatic carbocycles. The van der Waals surface area contributed by atoms with E-state index >= 15 is 0 Å². The van der Waals surface area contributed by atoms with Crippen LogP contribution in [0.4, 0.5) is 15.8 Å². The van der Waals surface area contributed by atoms with Crippen molar-refractivity contribution in [1.82, 2.24) is 0 Å². The zero-order chi connectivity index (χ0) is 18.1. The third-order valence-corrected chi connectivity index (χ3v) is 3.86. The molecule has 1 aliphatic rings. The van der Waals surface area contributed by atoms with Crippen molar-refractivity contribution in [2.24, 2.45) is 0 Å². The van der Waals surface area contributed by atoms with Crippen LogP contribution in [0.1, 0.15) is 10.4 Å². The second kappa shape index (κ2) is 6.37. The minimum absolute atomic E-state index is 0.0487. The van der Waals surface area contributed by atoms with Crippen molar-refractivity contribution in [2.45, 2.75) is 0 Å². The molecule has 0 atom stereocenters. The van der Waals surface area contributed by atoms with Gasteiger partial charge in [-0.15, -0.1) is 0 Å². The molecule has 8 heteroatoms. The highest BCUT2D eigenvalue weighted by molar-refractivity contribution is 6.53. The van der Waals surface area contributed by atoms with E-state index in [-0.39, 0.29) is 16.9 Å². The lowest BCUT2D eigenvalue weighted by atomic mass is 10.2. The molecule has 0 radical (unpaired) electrons. The number of carbonyl (C=O) groups is 3. The van der Waals surface area contributed by atoms with Crippen LogP contribution in [0.25, 0.3) is 0 Å². The van der Waals surface area contributed by atoms with Gasteiger partial charge in [-0.1, -0.05) is 35.9 Å². The second-order valence-corrected chi connectivity index (χ2v) is 5.45. The number of aromatic carboxylic acids is 1. The number of hydrogen-bond acceptors (Lipinski definition) is 5. The lowest BCUT2D eigenvalue weighted by Gasteiger charge is -2.15. The van der Waals surface area contributed by atoms with E-state index in [4.69, 9.17) is 11.6 Å². The average molecular weight is 360 g/mol. The standard InChI is InChI=1S/C17H10ClFN2O4/c18-13-14(20-10-7-5-9(6-8-10)17(24)25)16(23)21(15(13)22)12-4-2-1-3-11(12)19/h1-8,20H,(H,24,25)/p-1. The number of para-hydroxylation sites is 1. The second-order valence-electron chi connectivity index (χ2n) is 5.08. The van der Waals surface area contributed by atoms with Gasteiger partial charge in [0.25, 0.3) is 11.8 Å². The minimum atomic E-state index is -1.35. The Bertz CT molecular complexity index is 925. The van der Waals surface area contributed by atoms with Crippen molar-refractivity contribution in [2.75, 3.05) is 10.2 Å². The van der Waals surface area contributed by atoms with Gasteiger partial charge in [0.2, 0.25) is 0 Å². The van der Waals surface area contributed by atoms with Crippen LogP contribution in [-0.4, -0.2) is 17.8 Å². The normalized spacial score (nSPS) is 14.2. The summed E-state index contributed by atoms with van der Waals surface area (Å²) < 4.78 is 13.9. The average Bonchev–Trinajstić information content (AvgIpc) is 2.80. The van der Waals surface area contributed by atoms with Gasteiger partial charge in [0.1, 0.15) is 16.5 Å². The summed E-state index contributed by atoms with van der Waals surface area (Å²) in [5.74, 6) is -3.76. The molecule has 0 unspecified atom stereocenters. The Labute approximate surface area is 146 Å². The van der Waals surface area contributed by atoms with Crippen molar-refractivity contribution < 1.29 is 23.9 Å². The van der Waals surface area contributed by atoms with Crippen LogP contribution in [0.15, 0.2) is 59.3 Å². The first-order chi connectivity index (χ1) is 11.9. The maximum absolute atomic E-state index is 13.9. The first kappa shape index (κ1) is 16.7. The number of amides is 2. The summed E-state index contributed by atoms with van der Waals surface area (Å²) in [6.07, 6.45) is 0. The SMILES string of the molecule is O=C([O-])c1ccc(NC2=C(Cl)C(=O)N(c3ccccc3F)C2=O)cc1. The van der Waals surface area contributed by atoms with Crippen LogP contribution in [0.5, 0.6) is 0 Å². The predicted octanol–water partition coefficient (Wildman–Crippen LogP) is 1.62. The van der Waals surface area contributed by atoms with E-state index in [1.165, 1.54) is 42.5 Å². The Morgan fingerprint density at radius 3 is 2.28 bits per heavy atom. The number of halogens is 2. The molecular formula is C17H9ClFN2O4-. The number of carboxylic acid groups (broad SMARTS) is 1. The number of anilines is 2. The van der Waals surface area contributed by atoms with Gasteiger partial charge in [0, 0.05) is 5.69 Å². The fourth-order valence-electron chi connectivity index (χ4n) is 2.30. The first-order valence-electron chi connectivity index (χ1n) is 7.01. The Kier molecular flexibility index (Phi) is 4.24. The van der Waals surface area contributed by atoms with Crippen LogP contribution in [0, 0.1) is 5.82 Å². The van der Waals surface area contributed by atoms with Gasteiger partial charge in [-0.25, -0.2) is 9.29 Å². The molecule has 25 heavy (non-hydrogen) atoms. The number of nitrogens with one attached hydrogen (secondary N) is 1. The van der Waals surface area contributed by atoms with Crippen molar-refractivity contribution in [3.05, 3.63) is 70.6 Å². The van der Waals surface area contributed by atoms with Gasteiger partial charge in [-0.3, -0.25) is 9.59 Å². The Morgan fingerprint density at radius 2 is 1.68 bits per heavy atom. The van der Waals surface area contributed by atoms with E-state index in [2.05, 4.69) is 5.32 Å². The van der Waals surface area contributed by atoms with Gasteiger partial charge in [0.15, 0.2) is 0 Å². The van der Waals surface area contributed by atoms with Gasteiger partial charge in [-0.2, -0.15) is 0 Å². The summed E-state index contributed by atoms with van der Waals surface area (Å²) in [6.45, 7) is 0. The lowest BCUT2D eigenvalue weighted by molar-refractivity contribution is -0.255. The molecule has 6 nitrogen and oxygen atoms in total. The smallest absolute Gasteiger partial charge is 0.283 e. The Morgan fingerprint density at radius 1 is 1.04 bits per heavy atom. The molecule has 2 aromatic carbocycles. The first-order valence-corrected chi connectivity index (χ1v) is 7.39. The number of rotatable bonds is 4. The van der Waals surface area contributed by atoms with E-state index in [0.717, 1.165) is 6.07 Å². The third-order valence-electron chi connectivity index (χ3n) is 3.51. The van der Waals surface area contributed by atoms with Crippen LogP contribution < -0.4 is 15.3 Å². The van der Waals surface area contributed by atoms with Crippen molar-refractivity contribution >= 4 is 40.8 Å². The molecule has 0 spiro atoms. The van der Waals surface area contributed by atoms with E-state index in [0.29, 0.717) is 10.6 Å². The highest BCUT2D eigenvalue weighted by Gasteiger charge is 2.40. The molecule has 0 bridgehead atoms. The topological polar surface area (TPSA) is 89.5 Å². The van der Waals surface area contributed by atoms with Crippen LogP contribution in [0.3, 0.4) is 0 Å². The van der Waals surface area contributed by atoms with Crippen molar-refractivity contribution in [3.63, 3.8) is 0 Å². The van der Waals surface area contributed by atoms with Gasteiger partial charge < -0.3 is 15.2 Å². The molecule has 0 saturated heterocycles. The molecule has 0 saturated carbocycles. The molecule has 3 rings (SSSR count). The molecule has 1 heterocycles. The van der Waals surface area contributed by atoms with Crippen molar-refractivity contribution in [3.8, 4) is 0 Å². The number of benzene rings is 2. The molecule has 0 aromatic heterocycles. The monoisotopic (exact) mass is 359 g/mol. The molecule has 2 amide bonds. The lowest BCUT2D eigenvalue weighted by Crippen LogP contribution is -2.33. The molecule has 0 fully saturated rings. The Balaban J connectivity index is 1.90. The quantitative estimate of drug-likeness (QED) is 0.838. The molecule has 1 N–H and O–H groups in total. The largest absolute Gasteiger partial charge is 0.545 e. The summed E-state index contributed by atoms with van der Waals surface area (Å²) in [4.78, 5) is 36.1. The van der Waals surface area contributed by atoms with Crippen LogP contribution in [0.2, 0.25) is 0 Å². The molecule has 1 aliphatic heterocycles. The number of carbonyl (C=O) groups excluding carboxylic acids is 3. The number of nitrogens with zero attached hydrogens (tertiary/aromatic N) is 1. The highest BCUT2D eigenvalue weighted by atomic mass is 35.5. The third kappa shape index (κ3) is 2.97. The van der Waals surface area contributed by atoms with Gasteiger partial charge in [-0.05, 0) is 29.8 Å². The zero-order valence-electron chi connectivity index (χ0n) is 12.5. The summed E-state index contributed by atoms with van der Waals surface area (Å²) in [7, 11) is 0. The molecular weight excluding hydrogens is 351 g/mol. The van der Waals surface area contributed by atoms with Crippen LogP contribution >= 0.6 is 11.6 Å². The number of carboxylic acids is 1. The minimum Gasteiger partial charge on any atom is -0.545 e. The fourth-order valence-corrected chi connectivity index (χ4v) is 2.51. The zero-order valence-corrected chi connectivity index (χ0v) is 13.2. The summed E-state index contributed by atoms with van der Waals surface area (Å²) >= 11 is 5.93. The number of hydrogen-bond donors (Lipinski definition) is 1. The predicted molar refractivity (Wildman–Crippen MR) is 86.2 cm³/mol. The van der Waals surface area contributed by atoms with E-state index in [1.54, 1.807) is 0 Å². The summed E-state index contributed by atoms with van der Waals surface area (Å²) in [5.41, 5.74) is -0.155. The molecule has 126 valence electrons. The maximum atomic E-state index is 13.9. The van der Waals surface area contributed by atoms with Gasteiger partial charge >= 0.3 is 0 Å². The summed E-state index contributed by atoms with van der Waals surface area (Å²) in [6, 6.07) is 10.6. The van der Waals surface area contributed by atoms with E-state index in [1.807, 2.05) is 0 Å². The highest BCUT2D eigenvalue weighted by Crippen LogP contribution is 2.31. The maximum Gasteiger partial charge on any atom is 0.283 e. The number of imide groups is 1. The van der Waals surface area contributed by atoms with Gasteiger partial charge in [0.05, 0.1) is 11.7 Å². The van der Waals surface area contributed by atoms with E-state index < -0.39 is 28.6 Å². The van der Waals surface area contributed by atoms with Crippen LogP contribution in [-0.2, 0) is 9.59 Å². The molecule has 2 aromatic rings. The fraction of sp³-hybridized carbons (Fsp3) is 0. The van der Waals surface area contributed by atoms with E-state index in [9.17, 15) is 23.9 Å².